The van der Waals surface area contributed by atoms with E-state index in [0.717, 1.165) is 26.2 Å². The average Bonchev–Trinajstić information content (AvgIpc) is 2.41. The van der Waals surface area contributed by atoms with Crippen molar-refractivity contribution in [2.75, 3.05) is 39.9 Å². The van der Waals surface area contributed by atoms with E-state index >= 15 is 0 Å². The molecule has 1 saturated heterocycles. The van der Waals surface area contributed by atoms with Crippen LogP contribution in [-0.2, 0) is 0 Å². The molecule has 1 fully saturated rings. The number of ether oxygens (including phenoxy) is 1. The molecule has 2 rings (SSSR count). The molecule has 2 N–H and O–H groups in total. The smallest absolute Gasteiger partial charge is 0.165 e. The summed E-state index contributed by atoms with van der Waals surface area (Å²) in [5.74, 6) is -0.154. The van der Waals surface area contributed by atoms with E-state index in [-0.39, 0.29) is 24.2 Å². The van der Waals surface area contributed by atoms with Gasteiger partial charge in [0.2, 0.25) is 0 Å². The zero-order valence-corrected chi connectivity index (χ0v) is 10.5. The lowest BCUT2D eigenvalue weighted by atomic mass is 10.0. The van der Waals surface area contributed by atoms with E-state index in [1.54, 1.807) is 6.07 Å². The molecule has 4 nitrogen and oxygen atoms in total. The van der Waals surface area contributed by atoms with Crippen LogP contribution in [-0.4, -0.2) is 49.9 Å². The Morgan fingerprint density at radius 1 is 1.44 bits per heavy atom. The van der Waals surface area contributed by atoms with Gasteiger partial charge in [0, 0.05) is 31.7 Å². The minimum Gasteiger partial charge on any atom is -0.493 e. The monoisotopic (exact) mass is 254 g/mol. The van der Waals surface area contributed by atoms with Gasteiger partial charge in [0.15, 0.2) is 11.6 Å². The fourth-order valence-electron chi connectivity index (χ4n) is 2.41. The minimum absolute atomic E-state index is 0.0419. The highest BCUT2D eigenvalue weighted by molar-refractivity contribution is 5.37. The number of aliphatic hydroxyl groups is 1. The van der Waals surface area contributed by atoms with Crippen molar-refractivity contribution in [1.82, 2.24) is 10.2 Å². The maximum Gasteiger partial charge on any atom is 0.165 e. The van der Waals surface area contributed by atoms with Crippen LogP contribution in [0.4, 0.5) is 4.39 Å². The molecule has 0 saturated carbocycles. The van der Waals surface area contributed by atoms with Crippen LogP contribution in [0.3, 0.4) is 0 Å². The van der Waals surface area contributed by atoms with Gasteiger partial charge in [-0.05, 0) is 6.07 Å². The number of para-hydroxylation sites is 1. The molecular formula is C13H19FN2O2. The van der Waals surface area contributed by atoms with Gasteiger partial charge >= 0.3 is 0 Å². The maximum absolute atomic E-state index is 13.7. The highest BCUT2D eigenvalue weighted by Gasteiger charge is 2.25. The summed E-state index contributed by atoms with van der Waals surface area (Å²) < 4.78 is 18.8. The molecule has 0 aliphatic carbocycles. The highest BCUT2D eigenvalue weighted by Crippen LogP contribution is 2.31. The van der Waals surface area contributed by atoms with Crippen LogP contribution < -0.4 is 10.1 Å². The Bertz CT molecular complexity index is 395. The summed E-state index contributed by atoms with van der Waals surface area (Å²) in [6, 6.07) is 4.62. The van der Waals surface area contributed by atoms with E-state index in [4.69, 9.17) is 4.74 Å². The maximum atomic E-state index is 13.7. The highest BCUT2D eigenvalue weighted by atomic mass is 19.1. The molecular weight excluding hydrogens is 235 g/mol. The van der Waals surface area contributed by atoms with E-state index in [1.165, 1.54) is 13.2 Å². The Labute approximate surface area is 106 Å². The summed E-state index contributed by atoms with van der Waals surface area (Å²) in [7, 11) is 1.45. The summed E-state index contributed by atoms with van der Waals surface area (Å²) >= 11 is 0. The number of aliphatic hydroxyl groups excluding tert-OH is 1. The summed E-state index contributed by atoms with van der Waals surface area (Å²) in [5, 5.41) is 12.9. The van der Waals surface area contributed by atoms with Crippen molar-refractivity contribution >= 4 is 0 Å². The zero-order valence-electron chi connectivity index (χ0n) is 10.5. The van der Waals surface area contributed by atoms with Gasteiger partial charge < -0.3 is 15.2 Å². The van der Waals surface area contributed by atoms with Gasteiger partial charge in [-0.2, -0.15) is 0 Å². The van der Waals surface area contributed by atoms with Gasteiger partial charge in [-0.25, -0.2) is 4.39 Å². The zero-order chi connectivity index (χ0) is 13.0. The third-order valence-corrected chi connectivity index (χ3v) is 3.33. The minimum atomic E-state index is -0.386. The first-order valence-corrected chi connectivity index (χ1v) is 6.16. The molecule has 0 amide bonds. The number of piperazine rings is 1. The second kappa shape index (κ2) is 6.13. The second-order valence-corrected chi connectivity index (χ2v) is 4.35. The van der Waals surface area contributed by atoms with E-state index < -0.39 is 0 Å². The number of hydrogen-bond donors (Lipinski definition) is 2. The topological polar surface area (TPSA) is 44.7 Å². The number of halogens is 1. The molecule has 100 valence electrons. The van der Waals surface area contributed by atoms with Crippen molar-refractivity contribution in [2.24, 2.45) is 0 Å². The first-order valence-electron chi connectivity index (χ1n) is 6.16. The molecule has 0 radical (unpaired) electrons. The fraction of sp³-hybridized carbons (Fsp3) is 0.538. The van der Waals surface area contributed by atoms with Crippen molar-refractivity contribution in [3.05, 3.63) is 29.6 Å². The van der Waals surface area contributed by atoms with Gasteiger partial charge in [0.05, 0.1) is 19.8 Å². The van der Waals surface area contributed by atoms with Gasteiger partial charge in [-0.3, -0.25) is 4.90 Å². The lowest BCUT2D eigenvalue weighted by Crippen LogP contribution is -2.46. The summed E-state index contributed by atoms with van der Waals surface area (Å²) in [4.78, 5) is 2.15. The first-order chi connectivity index (χ1) is 8.77. The Morgan fingerprint density at radius 2 is 2.17 bits per heavy atom. The third-order valence-electron chi connectivity index (χ3n) is 3.33. The van der Waals surface area contributed by atoms with Crippen LogP contribution in [0.25, 0.3) is 0 Å². The van der Waals surface area contributed by atoms with Crippen LogP contribution in [0.2, 0.25) is 0 Å². The Morgan fingerprint density at radius 3 is 2.78 bits per heavy atom. The summed E-state index contributed by atoms with van der Waals surface area (Å²) in [6.07, 6.45) is 0. The molecule has 1 aromatic rings. The van der Waals surface area contributed by atoms with Crippen molar-refractivity contribution in [3.63, 3.8) is 0 Å². The largest absolute Gasteiger partial charge is 0.493 e. The number of rotatable bonds is 4. The summed E-state index contributed by atoms with van der Waals surface area (Å²) in [5.41, 5.74) is 0.710. The molecule has 0 bridgehead atoms. The SMILES string of the molecule is COc1c(F)cccc1[C@H](CO)N1CCNCC1. The van der Waals surface area contributed by atoms with Crippen LogP contribution in [0.1, 0.15) is 11.6 Å². The van der Waals surface area contributed by atoms with Crippen molar-refractivity contribution in [1.29, 1.82) is 0 Å². The van der Waals surface area contributed by atoms with Gasteiger partial charge in [-0.1, -0.05) is 12.1 Å². The molecule has 1 atom stereocenters. The van der Waals surface area contributed by atoms with Crippen LogP contribution in [0.5, 0.6) is 5.75 Å². The fourth-order valence-corrected chi connectivity index (χ4v) is 2.41. The van der Waals surface area contributed by atoms with Crippen molar-refractivity contribution in [3.8, 4) is 5.75 Å². The third kappa shape index (κ3) is 2.63. The van der Waals surface area contributed by atoms with Crippen molar-refractivity contribution in [2.45, 2.75) is 6.04 Å². The number of nitrogens with one attached hydrogen (secondary N) is 1. The molecule has 1 aliphatic rings. The molecule has 5 heteroatoms. The van der Waals surface area contributed by atoms with E-state index in [2.05, 4.69) is 10.2 Å². The number of nitrogens with zero attached hydrogens (tertiary/aromatic N) is 1. The molecule has 0 unspecified atom stereocenters. The lowest BCUT2D eigenvalue weighted by Gasteiger charge is -2.34. The van der Waals surface area contributed by atoms with Crippen LogP contribution in [0.15, 0.2) is 18.2 Å². The van der Waals surface area contributed by atoms with E-state index in [9.17, 15) is 9.50 Å². The molecule has 0 aromatic heterocycles. The Hall–Kier alpha value is -1.17. The van der Waals surface area contributed by atoms with Crippen LogP contribution >= 0.6 is 0 Å². The van der Waals surface area contributed by atoms with Gasteiger partial charge in [0.25, 0.3) is 0 Å². The molecule has 18 heavy (non-hydrogen) atoms. The van der Waals surface area contributed by atoms with Gasteiger partial charge in [-0.15, -0.1) is 0 Å². The van der Waals surface area contributed by atoms with Gasteiger partial charge in [0.1, 0.15) is 0 Å². The van der Waals surface area contributed by atoms with E-state index in [1.807, 2.05) is 6.07 Å². The molecule has 1 heterocycles. The number of hydrogen-bond acceptors (Lipinski definition) is 4. The predicted octanol–water partition coefficient (Wildman–Crippen LogP) is 0.773. The number of methoxy groups -OCH3 is 1. The molecule has 1 aliphatic heterocycles. The summed E-state index contributed by atoms with van der Waals surface area (Å²) in [6.45, 7) is 3.40. The average molecular weight is 254 g/mol. The predicted molar refractivity (Wildman–Crippen MR) is 67.2 cm³/mol. The second-order valence-electron chi connectivity index (χ2n) is 4.35. The number of benzene rings is 1. The quantitative estimate of drug-likeness (QED) is 0.833. The van der Waals surface area contributed by atoms with Crippen molar-refractivity contribution < 1.29 is 14.2 Å². The molecule has 1 aromatic carbocycles. The molecule has 0 spiro atoms. The Kier molecular flexibility index (Phi) is 4.52. The normalized spacial score (nSPS) is 18.6. The van der Waals surface area contributed by atoms with E-state index in [0.29, 0.717) is 5.56 Å². The first kappa shape index (κ1) is 13.3. The van der Waals surface area contributed by atoms with Crippen LogP contribution in [0, 0.1) is 5.82 Å². The lowest BCUT2D eigenvalue weighted by molar-refractivity contribution is 0.108. The Balaban J connectivity index is 2.28. The standard InChI is InChI=1S/C13H19FN2O2/c1-18-13-10(3-2-4-11(13)14)12(9-17)16-7-5-15-6-8-16/h2-4,12,15,17H,5-9H2,1H3/t12-/m0/s1.